The Hall–Kier alpha value is -1.88. The lowest BCUT2D eigenvalue weighted by Crippen LogP contribution is -2.61. The third-order valence-electron chi connectivity index (χ3n) is 9.46. The van der Waals surface area contributed by atoms with E-state index in [0.717, 1.165) is 43.1 Å². The molecule has 0 aliphatic heterocycles. The number of pyridine rings is 1. The van der Waals surface area contributed by atoms with Crippen LogP contribution in [0.15, 0.2) is 53.0 Å². The maximum atomic E-state index is 12.4. The average molecular weight is 466 g/mol. The summed E-state index contributed by atoms with van der Waals surface area (Å²) in [6, 6.07) is 8.06. The van der Waals surface area contributed by atoms with E-state index in [1.165, 1.54) is 11.1 Å². The van der Waals surface area contributed by atoms with Gasteiger partial charge in [-0.15, -0.1) is 11.6 Å². The number of alkyl halides is 1. The van der Waals surface area contributed by atoms with Gasteiger partial charge in [0.1, 0.15) is 0 Å². The fourth-order valence-corrected chi connectivity index (χ4v) is 8.05. The molecule has 4 aliphatic rings. The summed E-state index contributed by atoms with van der Waals surface area (Å²) in [6.07, 6.45) is 12.3. The average Bonchev–Trinajstić information content (AvgIpc) is 3.09. The molecule has 5 heteroatoms. The van der Waals surface area contributed by atoms with Crippen LogP contribution in [0.4, 0.5) is 0 Å². The normalized spacial score (nSPS) is 40.3. The molecule has 33 heavy (non-hydrogen) atoms. The molecule has 174 valence electrons. The lowest BCUT2D eigenvalue weighted by Gasteiger charge is -2.56. The molecule has 0 spiro atoms. The van der Waals surface area contributed by atoms with Gasteiger partial charge in [-0.2, -0.15) is 0 Å². The molecule has 2 fully saturated rings. The molecule has 0 bridgehead atoms. The van der Waals surface area contributed by atoms with Crippen molar-refractivity contribution in [3.63, 3.8) is 0 Å². The predicted octanol–water partition coefficient (Wildman–Crippen LogP) is 5.32. The molecule has 6 atom stereocenters. The van der Waals surface area contributed by atoms with Gasteiger partial charge >= 0.3 is 0 Å². The highest BCUT2D eigenvalue weighted by Crippen LogP contribution is 2.65. The summed E-state index contributed by atoms with van der Waals surface area (Å²) in [4.78, 5) is 14.4. The van der Waals surface area contributed by atoms with Gasteiger partial charge in [0, 0.05) is 17.5 Å². The van der Waals surface area contributed by atoms with Crippen molar-refractivity contribution in [1.82, 2.24) is 4.98 Å². The number of hydrogen-bond acceptors (Lipinski definition) is 3. The molecule has 6 rings (SSSR count). The Labute approximate surface area is 199 Å². The van der Waals surface area contributed by atoms with Crippen molar-refractivity contribution in [2.24, 2.45) is 17.3 Å². The molecule has 1 heterocycles. The van der Waals surface area contributed by atoms with E-state index >= 15 is 0 Å². The zero-order valence-electron chi connectivity index (χ0n) is 19.1. The molecule has 5 unspecified atom stereocenters. The summed E-state index contributed by atoms with van der Waals surface area (Å²) in [5.74, 6) is 0.448. The second kappa shape index (κ2) is 7.31. The van der Waals surface area contributed by atoms with Crippen molar-refractivity contribution >= 4 is 27.9 Å². The van der Waals surface area contributed by atoms with Gasteiger partial charge in [0.25, 0.3) is 5.56 Å². The molecular formula is C28H32ClNO3. The van der Waals surface area contributed by atoms with E-state index in [1.54, 1.807) is 6.20 Å². The van der Waals surface area contributed by atoms with E-state index in [9.17, 15) is 15.0 Å². The number of aliphatic hydroxyl groups is 2. The highest BCUT2D eigenvalue weighted by Gasteiger charge is 2.64. The molecule has 1 aromatic heterocycles. The second-order valence-electron chi connectivity index (χ2n) is 11.1. The lowest BCUT2D eigenvalue weighted by atomic mass is 9.54. The molecule has 1 aromatic carbocycles. The van der Waals surface area contributed by atoms with E-state index in [-0.39, 0.29) is 23.0 Å². The first kappa shape index (κ1) is 21.6. The van der Waals surface area contributed by atoms with Crippen molar-refractivity contribution < 1.29 is 10.2 Å². The number of rotatable bonds is 1. The molecule has 0 radical (unpaired) electrons. The first-order valence-electron chi connectivity index (χ1n) is 12.4. The van der Waals surface area contributed by atoms with Crippen LogP contribution >= 0.6 is 11.6 Å². The SMILES string of the molecule is CC12CCC3(Cl)C=C4CC(O)CCC4CC[C@]3(O)C1CC=C2c1ccc2cc[nH]c(=O)c2c1. The van der Waals surface area contributed by atoms with Gasteiger partial charge in [-0.1, -0.05) is 36.8 Å². The van der Waals surface area contributed by atoms with Gasteiger partial charge in [0.15, 0.2) is 0 Å². The summed E-state index contributed by atoms with van der Waals surface area (Å²) in [6.45, 7) is 2.28. The van der Waals surface area contributed by atoms with E-state index in [1.807, 2.05) is 18.2 Å². The number of aliphatic hydroxyl groups excluding tert-OH is 1. The number of H-pyrrole nitrogens is 1. The minimum absolute atomic E-state index is 0.0259. The van der Waals surface area contributed by atoms with Crippen LogP contribution in [0.2, 0.25) is 0 Å². The molecule has 2 saturated carbocycles. The molecule has 0 saturated heterocycles. The van der Waals surface area contributed by atoms with Crippen LogP contribution in [-0.2, 0) is 0 Å². The molecule has 4 aliphatic carbocycles. The topological polar surface area (TPSA) is 73.3 Å². The largest absolute Gasteiger partial charge is 0.393 e. The summed E-state index contributed by atoms with van der Waals surface area (Å²) in [5.41, 5.74) is 2.28. The molecular weight excluding hydrogens is 434 g/mol. The van der Waals surface area contributed by atoms with Crippen LogP contribution in [0.3, 0.4) is 0 Å². The number of nitrogens with one attached hydrogen (secondary N) is 1. The summed E-state index contributed by atoms with van der Waals surface area (Å²) >= 11 is 7.33. The Bertz CT molecular complexity index is 1250. The van der Waals surface area contributed by atoms with E-state index in [2.05, 4.69) is 30.1 Å². The molecule has 4 nitrogen and oxygen atoms in total. The summed E-state index contributed by atoms with van der Waals surface area (Å²) in [5, 5.41) is 24.2. The minimum atomic E-state index is -0.997. The number of benzene rings is 1. The maximum Gasteiger partial charge on any atom is 0.255 e. The third kappa shape index (κ3) is 3.07. The minimum Gasteiger partial charge on any atom is -0.393 e. The third-order valence-corrected chi connectivity index (χ3v) is 10.1. The Morgan fingerprint density at radius 1 is 1.12 bits per heavy atom. The first-order chi connectivity index (χ1) is 15.7. The quantitative estimate of drug-likeness (QED) is 0.394. The Kier molecular flexibility index (Phi) is 4.79. The zero-order chi connectivity index (χ0) is 23.0. The number of aromatic amines is 1. The Balaban J connectivity index is 1.39. The van der Waals surface area contributed by atoms with Crippen molar-refractivity contribution in [1.29, 1.82) is 0 Å². The second-order valence-corrected chi connectivity index (χ2v) is 11.8. The van der Waals surface area contributed by atoms with E-state index in [4.69, 9.17) is 11.6 Å². The van der Waals surface area contributed by atoms with E-state index in [0.29, 0.717) is 30.6 Å². The number of fused-ring (bicyclic) bond motifs is 5. The van der Waals surface area contributed by atoms with Crippen LogP contribution in [0.1, 0.15) is 63.9 Å². The van der Waals surface area contributed by atoms with Gasteiger partial charge in [0.05, 0.1) is 16.6 Å². The van der Waals surface area contributed by atoms with Crippen LogP contribution in [0.25, 0.3) is 16.3 Å². The molecule has 2 aromatic rings. The number of allylic oxidation sites excluding steroid dienone is 2. The van der Waals surface area contributed by atoms with Crippen molar-refractivity contribution in [3.05, 3.63) is 64.1 Å². The lowest BCUT2D eigenvalue weighted by molar-refractivity contribution is -0.106. The molecule has 0 amide bonds. The highest BCUT2D eigenvalue weighted by atomic mass is 35.5. The van der Waals surface area contributed by atoms with Crippen molar-refractivity contribution in [2.45, 2.75) is 74.9 Å². The fraction of sp³-hybridized carbons (Fsp3) is 0.536. The predicted molar refractivity (Wildman–Crippen MR) is 132 cm³/mol. The summed E-state index contributed by atoms with van der Waals surface area (Å²) in [7, 11) is 0. The Morgan fingerprint density at radius 3 is 2.82 bits per heavy atom. The Morgan fingerprint density at radius 2 is 1.97 bits per heavy atom. The standard InChI is InChI=1S/C28H32ClNO3/c1-26-11-12-27(29)16-20-14-21(31)5-4-17(20)8-10-28(27,33)24(26)7-6-23(26)19-3-2-18-9-13-30-25(32)22(18)15-19/h2-3,6,9,13,15-17,21,24,31,33H,4-5,7-8,10-12,14H2,1H3,(H,30,32)/t17?,21?,24?,26?,27?,28-/m0/s1. The van der Waals surface area contributed by atoms with Gasteiger partial charge in [-0.05, 0) is 91.4 Å². The van der Waals surface area contributed by atoms with Gasteiger partial charge in [-0.3, -0.25) is 4.79 Å². The zero-order valence-corrected chi connectivity index (χ0v) is 19.9. The van der Waals surface area contributed by atoms with Crippen molar-refractivity contribution in [3.8, 4) is 0 Å². The van der Waals surface area contributed by atoms with Crippen LogP contribution in [-0.4, -0.2) is 31.8 Å². The van der Waals surface area contributed by atoms with Crippen LogP contribution < -0.4 is 5.56 Å². The monoisotopic (exact) mass is 465 g/mol. The first-order valence-corrected chi connectivity index (χ1v) is 12.7. The van der Waals surface area contributed by atoms with Gasteiger partial charge in [0.2, 0.25) is 0 Å². The van der Waals surface area contributed by atoms with Crippen molar-refractivity contribution in [2.75, 3.05) is 0 Å². The van der Waals surface area contributed by atoms with E-state index < -0.39 is 10.5 Å². The van der Waals surface area contributed by atoms with Crippen LogP contribution in [0, 0.1) is 17.3 Å². The van der Waals surface area contributed by atoms with Gasteiger partial charge in [-0.25, -0.2) is 0 Å². The summed E-state index contributed by atoms with van der Waals surface area (Å²) < 4.78 is 0. The van der Waals surface area contributed by atoms with Crippen LogP contribution in [0.5, 0.6) is 0 Å². The smallest absolute Gasteiger partial charge is 0.255 e. The number of hydrogen-bond donors (Lipinski definition) is 3. The maximum absolute atomic E-state index is 12.4. The number of aromatic nitrogens is 1. The molecule has 3 N–H and O–H groups in total. The highest BCUT2D eigenvalue weighted by molar-refractivity contribution is 6.26. The van der Waals surface area contributed by atoms with Gasteiger partial charge < -0.3 is 15.2 Å². The number of halogens is 1. The fourth-order valence-electron chi connectivity index (χ4n) is 7.59.